The van der Waals surface area contributed by atoms with Crippen LogP contribution in [-0.4, -0.2) is 19.6 Å². The van der Waals surface area contributed by atoms with E-state index in [0.717, 1.165) is 40.3 Å². The first-order valence-corrected chi connectivity index (χ1v) is 6.42. The fraction of sp³-hybridized carbons (Fsp3) is 0.250. The van der Waals surface area contributed by atoms with Gasteiger partial charge >= 0.3 is 0 Å². The van der Waals surface area contributed by atoms with E-state index in [1.54, 1.807) is 0 Å². The minimum absolute atomic E-state index is 0.879. The molecule has 0 saturated heterocycles. The molecule has 0 atom stereocenters. The first-order chi connectivity index (χ1) is 8.38. The van der Waals surface area contributed by atoms with Crippen molar-refractivity contribution < 1.29 is 0 Å². The van der Waals surface area contributed by atoms with E-state index < -0.39 is 0 Å². The van der Waals surface area contributed by atoms with E-state index in [0.29, 0.717) is 0 Å². The fourth-order valence-electron chi connectivity index (χ4n) is 1.85. The summed E-state index contributed by atoms with van der Waals surface area (Å²) in [5, 5.41) is 4.16. The first kappa shape index (κ1) is 10.4. The van der Waals surface area contributed by atoms with Crippen molar-refractivity contribution in [2.45, 2.75) is 19.8 Å². The molecule has 86 valence electrons. The molecule has 0 radical (unpaired) electrons. The van der Waals surface area contributed by atoms with Crippen molar-refractivity contribution in [3.05, 3.63) is 30.0 Å². The molecule has 0 amide bonds. The Morgan fingerprint density at radius 1 is 1.29 bits per heavy atom. The maximum Gasteiger partial charge on any atom is 0.152 e. The summed E-state index contributed by atoms with van der Waals surface area (Å²) in [6.45, 7) is 2.14. The number of imidazole rings is 1. The molecule has 17 heavy (non-hydrogen) atoms. The highest BCUT2D eigenvalue weighted by molar-refractivity contribution is 7.09. The number of para-hydroxylation sites is 2. The van der Waals surface area contributed by atoms with E-state index in [-0.39, 0.29) is 0 Å². The molecule has 2 heterocycles. The topological polar surface area (TPSA) is 54.5 Å². The largest absolute Gasteiger partial charge is 0.337 e. The van der Waals surface area contributed by atoms with Crippen molar-refractivity contribution in [3.8, 4) is 10.7 Å². The molecule has 0 aliphatic carbocycles. The monoisotopic (exact) mass is 244 g/mol. The highest BCUT2D eigenvalue weighted by Gasteiger charge is 2.13. The number of fused-ring (bicyclic) bond motifs is 1. The predicted molar refractivity (Wildman–Crippen MR) is 69.0 cm³/mol. The van der Waals surface area contributed by atoms with Gasteiger partial charge in [-0.25, -0.2) is 4.98 Å². The second-order valence-corrected chi connectivity index (χ2v) is 4.66. The van der Waals surface area contributed by atoms with Crippen molar-refractivity contribution in [1.82, 2.24) is 19.6 Å². The standard InChI is InChI=1S/C12H12N4S/c1-2-5-10-11(17-16-15-10)12-13-8-6-3-4-7-9(8)14-12/h3-4,6-7H,2,5H2,1H3,(H,13,14). The predicted octanol–water partition coefficient (Wildman–Crippen LogP) is 3.03. The van der Waals surface area contributed by atoms with E-state index in [4.69, 9.17) is 0 Å². The Bertz CT molecular complexity index is 608. The third-order valence-electron chi connectivity index (χ3n) is 2.65. The number of hydrogen-bond donors (Lipinski definition) is 1. The summed E-state index contributed by atoms with van der Waals surface area (Å²) in [6.07, 6.45) is 2.02. The van der Waals surface area contributed by atoms with Gasteiger partial charge in [-0.3, -0.25) is 0 Å². The molecular weight excluding hydrogens is 232 g/mol. The van der Waals surface area contributed by atoms with Crippen LogP contribution in [0, 0.1) is 0 Å². The summed E-state index contributed by atoms with van der Waals surface area (Å²) in [6, 6.07) is 8.02. The van der Waals surface area contributed by atoms with Gasteiger partial charge in [-0.2, -0.15) is 0 Å². The van der Waals surface area contributed by atoms with Crippen LogP contribution in [0.25, 0.3) is 21.7 Å². The van der Waals surface area contributed by atoms with Gasteiger partial charge in [-0.15, -0.1) is 5.10 Å². The van der Waals surface area contributed by atoms with Crippen LogP contribution in [0.2, 0.25) is 0 Å². The fourth-order valence-corrected chi connectivity index (χ4v) is 2.50. The summed E-state index contributed by atoms with van der Waals surface area (Å²) in [4.78, 5) is 8.95. The van der Waals surface area contributed by atoms with Crippen LogP contribution in [0.5, 0.6) is 0 Å². The summed E-state index contributed by atoms with van der Waals surface area (Å²) < 4.78 is 4.02. The molecular formula is C12H12N4S. The lowest BCUT2D eigenvalue weighted by Crippen LogP contribution is -1.88. The molecule has 5 heteroatoms. The minimum atomic E-state index is 0.879. The van der Waals surface area contributed by atoms with Gasteiger partial charge < -0.3 is 4.98 Å². The smallest absolute Gasteiger partial charge is 0.152 e. The molecule has 1 aromatic carbocycles. The van der Waals surface area contributed by atoms with Crippen LogP contribution in [0.3, 0.4) is 0 Å². The average Bonchev–Trinajstić information content (AvgIpc) is 2.94. The van der Waals surface area contributed by atoms with E-state index in [1.807, 2.05) is 24.3 Å². The highest BCUT2D eigenvalue weighted by Crippen LogP contribution is 2.26. The quantitative estimate of drug-likeness (QED) is 0.770. The maximum absolute atomic E-state index is 4.57. The molecule has 0 aliphatic heterocycles. The van der Waals surface area contributed by atoms with Crippen LogP contribution in [0.1, 0.15) is 19.0 Å². The van der Waals surface area contributed by atoms with E-state index in [2.05, 4.69) is 26.5 Å². The van der Waals surface area contributed by atoms with Crippen LogP contribution in [-0.2, 0) is 6.42 Å². The van der Waals surface area contributed by atoms with E-state index >= 15 is 0 Å². The normalized spacial score (nSPS) is 11.1. The van der Waals surface area contributed by atoms with Gasteiger partial charge in [0, 0.05) is 0 Å². The molecule has 0 saturated carbocycles. The second kappa shape index (κ2) is 4.25. The van der Waals surface area contributed by atoms with Crippen LogP contribution in [0.15, 0.2) is 24.3 Å². The zero-order chi connectivity index (χ0) is 11.7. The summed E-state index contributed by atoms with van der Waals surface area (Å²) >= 11 is 1.40. The molecule has 3 rings (SSSR count). The average molecular weight is 244 g/mol. The summed E-state index contributed by atoms with van der Waals surface area (Å²) in [5.74, 6) is 0.879. The van der Waals surface area contributed by atoms with Crippen LogP contribution >= 0.6 is 11.5 Å². The third-order valence-corrected chi connectivity index (χ3v) is 3.42. The Kier molecular flexibility index (Phi) is 2.60. The zero-order valence-electron chi connectivity index (χ0n) is 9.47. The molecule has 0 bridgehead atoms. The van der Waals surface area contributed by atoms with Crippen LogP contribution in [0.4, 0.5) is 0 Å². The number of aryl methyl sites for hydroxylation is 1. The highest BCUT2D eigenvalue weighted by atomic mass is 32.1. The number of aromatic amines is 1. The molecule has 3 aromatic rings. The molecule has 0 spiro atoms. The van der Waals surface area contributed by atoms with E-state index in [9.17, 15) is 0 Å². The molecule has 0 aliphatic rings. The van der Waals surface area contributed by atoms with Crippen molar-refractivity contribution in [2.75, 3.05) is 0 Å². The van der Waals surface area contributed by atoms with Crippen molar-refractivity contribution in [3.63, 3.8) is 0 Å². The van der Waals surface area contributed by atoms with Crippen molar-refractivity contribution in [1.29, 1.82) is 0 Å². The number of aromatic nitrogens is 4. The minimum Gasteiger partial charge on any atom is -0.337 e. The number of nitrogens with zero attached hydrogens (tertiary/aromatic N) is 3. The number of hydrogen-bond acceptors (Lipinski definition) is 4. The van der Waals surface area contributed by atoms with Gasteiger partial charge in [0.15, 0.2) is 5.82 Å². The van der Waals surface area contributed by atoms with Crippen LogP contribution < -0.4 is 0 Å². The zero-order valence-corrected chi connectivity index (χ0v) is 10.3. The van der Waals surface area contributed by atoms with Gasteiger partial charge in [0.2, 0.25) is 0 Å². The summed E-state index contributed by atoms with van der Waals surface area (Å²) in [7, 11) is 0. The van der Waals surface area contributed by atoms with Crippen molar-refractivity contribution >= 4 is 22.6 Å². The van der Waals surface area contributed by atoms with Gasteiger partial charge in [-0.05, 0) is 30.1 Å². The van der Waals surface area contributed by atoms with Gasteiger partial charge in [-0.1, -0.05) is 30.0 Å². The Balaban J connectivity index is 2.10. The third kappa shape index (κ3) is 1.82. The lowest BCUT2D eigenvalue weighted by atomic mass is 10.2. The molecule has 2 aromatic heterocycles. The Hall–Kier alpha value is -1.75. The Morgan fingerprint density at radius 3 is 3.00 bits per heavy atom. The van der Waals surface area contributed by atoms with Crippen molar-refractivity contribution in [2.24, 2.45) is 0 Å². The van der Waals surface area contributed by atoms with Gasteiger partial charge in [0.25, 0.3) is 0 Å². The lowest BCUT2D eigenvalue weighted by molar-refractivity contribution is 0.870. The van der Waals surface area contributed by atoms with E-state index in [1.165, 1.54) is 11.5 Å². The second-order valence-electron chi connectivity index (χ2n) is 3.90. The summed E-state index contributed by atoms with van der Waals surface area (Å²) in [5.41, 5.74) is 3.08. The SMILES string of the molecule is CCCc1nnsc1-c1nc2ccccc2[nH]1. The number of rotatable bonds is 3. The number of H-pyrrole nitrogens is 1. The first-order valence-electron chi connectivity index (χ1n) is 5.65. The Morgan fingerprint density at radius 2 is 2.18 bits per heavy atom. The van der Waals surface area contributed by atoms with Gasteiger partial charge in [0.1, 0.15) is 4.88 Å². The molecule has 4 nitrogen and oxygen atoms in total. The van der Waals surface area contributed by atoms with Gasteiger partial charge in [0.05, 0.1) is 16.7 Å². The Labute approximate surface area is 103 Å². The maximum atomic E-state index is 4.57. The molecule has 0 fully saturated rings. The number of nitrogens with one attached hydrogen (secondary N) is 1. The lowest BCUT2D eigenvalue weighted by Gasteiger charge is -1.94. The molecule has 0 unspecified atom stereocenters. The molecule has 1 N–H and O–H groups in total. The number of benzene rings is 1.